The molecule has 0 saturated heterocycles. The van der Waals surface area contributed by atoms with Gasteiger partial charge in [0.25, 0.3) is 5.91 Å². The molecule has 1 amide bonds. The van der Waals surface area contributed by atoms with Gasteiger partial charge in [-0.25, -0.2) is 0 Å². The zero-order valence-corrected chi connectivity index (χ0v) is 10.1. The third-order valence-corrected chi connectivity index (χ3v) is 2.58. The maximum absolute atomic E-state index is 11.5. The van der Waals surface area contributed by atoms with Crippen LogP contribution in [0.1, 0.15) is 10.4 Å². The molecule has 0 saturated carbocycles. The summed E-state index contributed by atoms with van der Waals surface area (Å²) < 4.78 is 10.4. The van der Waals surface area contributed by atoms with Crippen molar-refractivity contribution in [2.24, 2.45) is 5.73 Å². The van der Waals surface area contributed by atoms with Gasteiger partial charge in [-0.05, 0) is 18.2 Å². The summed E-state index contributed by atoms with van der Waals surface area (Å²) in [6.07, 6.45) is 1.61. The van der Waals surface area contributed by atoms with Gasteiger partial charge >= 0.3 is 0 Å². The monoisotopic (exact) mass is 247 g/mol. The first-order valence-corrected chi connectivity index (χ1v) is 5.23. The van der Waals surface area contributed by atoms with Crippen LogP contribution in [0.2, 0.25) is 0 Å². The molecular weight excluding hydrogens is 234 g/mol. The Kier molecular flexibility index (Phi) is 3.18. The van der Waals surface area contributed by atoms with Gasteiger partial charge in [-0.3, -0.25) is 9.89 Å². The first-order valence-electron chi connectivity index (χ1n) is 5.23. The normalized spacial score (nSPS) is 10.1. The minimum atomic E-state index is -0.606. The zero-order valence-electron chi connectivity index (χ0n) is 10.1. The van der Waals surface area contributed by atoms with Gasteiger partial charge in [-0.1, -0.05) is 0 Å². The molecule has 0 spiro atoms. The number of nitrogens with zero attached hydrogens (tertiary/aromatic N) is 1. The average Bonchev–Trinajstić information content (AvgIpc) is 2.90. The number of aromatic amines is 1. The summed E-state index contributed by atoms with van der Waals surface area (Å²) in [4.78, 5) is 11.5. The number of amides is 1. The molecule has 0 unspecified atom stereocenters. The summed E-state index contributed by atoms with van der Waals surface area (Å²) in [5, 5.41) is 6.67. The van der Waals surface area contributed by atoms with E-state index < -0.39 is 5.91 Å². The van der Waals surface area contributed by atoms with E-state index >= 15 is 0 Å². The highest BCUT2D eigenvalue weighted by molar-refractivity contribution is 6.01. The van der Waals surface area contributed by atoms with Crippen molar-refractivity contribution >= 4 is 5.91 Å². The van der Waals surface area contributed by atoms with Crippen LogP contribution in [0.3, 0.4) is 0 Å². The Morgan fingerprint density at radius 3 is 2.56 bits per heavy atom. The largest absolute Gasteiger partial charge is 0.496 e. The molecule has 2 rings (SSSR count). The van der Waals surface area contributed by atoms with Gasteiger partial charge < -0.3 is 15.2 Å². The standard InChI is InChI=1S/C12H13N3O3/c1-17-9-4-3-7(8-5-6-14-15-8)11(18-2)10(9)12(13)16/h3-6H,1-2H3,(H2,13,16)(H,14,15). The number of hydrogen-bond donors (Lipinski definition) is 2. The van der Waals surface area contributed by atoms with Gasteiger partial charge in [0.1, 0.15) is 17.1 Å². The molecule has 1 aromatic heterocycles. The molecule has 3 N–H and O–H groups in total. The number of aromatic nitrogens is 2. The predicted molar refractivity (Wildman–Crippen MR) is 65.6 cm³/mol. The Balaban J connectivity index is 2.70. The second-order valence-corrected chi connectivity index (χ2v) is 3.56. The number of benzene rings is 1. The van der Waals surface area contributed by atoms with Crippen LogP contribution in [0.15, 0.2) is 24.4 Å². The number of ether oxygens (including phenoxy) is 2. The van der Waals surface area contributed by atoms with Gasteiger partial charge in [0.05, 0.1) is 19.9 Å². The van der Waals surface area contributed by atoms with Crippen LogP contribution in [0, 0.1) is 0 Å². The van der Waals surface area contributed by atoms with Gasteiger partial charge in [0.2, 0.25) is 0 Å². The second-order valence-electron chi connectivity index (χ2n) is 3.56. The molecule has 2 aromatic rings. The van der Waals surface area contributed by atoms with E-state index in [1.54, 1.807) is 24.4 Å². The minimum Gasteiger partial charge on any atom is -0.496 e. The molecular formula is C12H13N3O3. The van der Waals surface area contributed by atoms with Crippen molar-refractivity contribution in [3.63, 3.8) is 0 Å². The summed E-state index contributed by atoms with van der Waals surface area (Å²) >= 11 is 0. The van der Waals surface area contributed by atoms with E-state index in [1.807, 2.05) is 0 Å². The van der Waals surface area contributed by atoms with Crippen LogP contribution < -0.4 is 15.2 Å². The summed E-state index contributed by atoms with van der Waals surface area (Å²) in [5.41, 5.74) is 7.01. The molecule has 0 aliphatic carbocycles. The number of rotatable bonds is 4. The molecule has 0 radical (unpaired) electrons. The number of nitrogens with one attached hydrogen (secondary N) is 1. The Bertz CT molecular complexity index is 564. The van der Waals surface area contributed by atoms with Crippen LogP contribution in [-0.4, -0.2) is 30.3 Å². The number of carbonyl (C=O) groups is 1. The Hall–Kier alpha value is -2.50. The number of primary amides is 1. The molecule has 0 aliphatic heterocycles. The van der Waals surface area contributed by atoms with Gasteiger partial charge in [-0.2, -0.15) is 5.10 Å². The molecule has 0 bridgehead atoms. The highest BCUT2D eigenvalue weighted by atomic mass is 16.5. The summed E-state index contributed by atoms with van der Waals surface area (Å²) in [6.45, 7) is 0. The fraction of sp³-hybridized carbons (Fsp3) is 0.167. The van der Waals surface area contributed by atoms with Crippen molar-refractivity contribution in [1.82, 2.24) is 10.2 Å². The molecule has 18 heavy (non-hydrogen) atoms. The third-order valence-electron chi connectivity index (χ3n) is 2.58. The molecule has 0 atom stereocenters. The second kappa shape index (κ2) is 4.79. The van der Waals surface area contributed by atoms with Crippen molar-refractivity contribution in [3.8, 4) is 22.8 Å². The quantitative estimate of drug-likeness (QED) is 0.849. The Morgan fingerprint density at radius 1 is 1.28 bits per heavy atom. The highest BCUT2D eigenvalue weighted by Crippen LogP contribution is 2.37. The van der Waals surface area contributed by atoms with Gasteiger partial charge in [0.15, 0.2) is 0 Å². The first-order chi connectivity index (χ1) is 8.69. The lowest BCUT2D eigenvalue weighted by atomic mass is 10.0. The minimum absolute atomic E-state index is 0.215. The smallest absolute Gasteiger partial charge is 0.256 e. The number of methoxy groups -OCH3 is 2. The van der Waals surface area contributed by atoms with Crippen molar-refractivity contribution in [3.05, 3.63) is 30.0 Å². The molecule has 6 heteroatoms. The van der Waals surface area contributed by atoms with Crippen LogP contribution >= 0.6 is 0 Å². The molecule has 1 aromatic carbocycles. The zero-order chi connectivity index (χ0) is 13.1. The molecule has 1 heterocycles. The fourth-order valence-corrected chi connectivity index (χ4v) is 1.80. The highest BCUT2D eigenvalue weighted by Gasteiger charge is 2.20. The summed E-state index contributed by atoms with van der Waals surface area (Å²) in [6, 6.07) is 5.21. The molecule has 0 aliphatic rings. The molecule has 6 nitrogen and oxygen atoms in total. The van der Waals surface area contributed by atoms with E-state index in [2.05, 4.69) is 10.2 Å². The van der Waals surface area contributed by atoms with Crippen molar-refractivity contribution in [2.75, 3.05) is 14.2 Å². The summed E-state index contributed by atoms with van der Waals surface area (Å²) in [5.74, 6) is 0.138. The van der Waals surface area contributed by atoms with E-state index in [-0.39, 0.29) is 5.56 Å². The number of hydrogen-bond acceptors (Lipinski definition) is 4. The first kappa shape index (κ1) is 12.0. The van der Waals surface area contributed by atoms with E-state index in [0.29, 0.717) is 17.1 Å². The van der Waals surface area contributed by atoms with Crippen LogP contribution in [-0.2, 0) is 0 Å². The van der Waals surface area contributed by atoms with Crippen molar-refractivity contribution < 1.29 is 14.3 Å². The average molecular weight is 247 g/mol. The van der Waals surface area contributed by atoms with Gasteiger partial charge in [-0.15, -0.1) is 0 Å². The van der Waals surface area contributed by atoms with Gasteiger partial charge in [0, 0.05) is 11.8 Å². The number of H-pyrrole nitrogens is 1. The lowest BCUT2D eigenvalue weighted by Crippen LogP contribution is -2.14. The number of carbonyl (C=O) groups excluding carboxylic acids is 1. The SMILES string of the molecule is COc1ccc(-c2ccn[nH]2)c(OC)c1C(N)=O. The van der Waals surface area contributed by atoms with Crippen molar-refractivity contribution in [2.45, 2.75) is 0 Å². The third kappa shape index (κ3) is 1.88. The van der Waals surface area contributed by atoms with E-state index in [1.165, 1.54) is 14.2 Å². The van der Waals surface area contributed by atoms with Crippen LogP contribution in [0.5, 0.6) is 11.5 Å². The fourth-order valence-electron chi connectivity index (χ4n) is 1.80. The van der Waals surface area contributed by atoms with E-state index in [4.69, 9.17) is 15.2 Å². The van der Waals surface area contributed by atoms with Crippen LogP contribution in [0.25, 0.3) is 11.3 Å². The maximum Gasteiger partial charge on any atom is 0.256 e. The van der Waals surface area contributed by atoms with Crippen LogP contribution in [0.4, 0.5) is 0 Å². The number of nitrogens with two attached hydrogens (primary N) is 1. The van der Waals surface area contributed by atoms with E-state index in [0.717, 1.165) is 5.69 Å². The Morgan fingerprint density at radius 2 is 2.06 bits per heavy atom. The van der Waals surface area contributed by atoms with E-state index in [9.17, 15) is 4.79 Å². The maximum atomic E-state index is 11.5. The predicted octanol–water partition coefficient (Wildman–Crippen LogP) is 1.19. The Labute approximate surface area is 104 Å². The topological polar surface area (TPSA) is 90.2 Å². The summed E-state index contributed by atoms with van der Waals surface area (Å²) in [7, 11) is 2.94. The van der Waals surface area contributed by atoms with Crippen molar-refractivity contribution in [1.29, 1.82) is 0 Å². The lowest BCUT2D eigenvalue weighted by molar-refractivity contribution is 0.0994. The lowest BCUT2D eigenvalue weighted by Gasteiger charge is -2.13. The molecule has 0 fully saturated rings. The molecule has 94 valence electrons.